The highest BCUT2D eigenvalue weighted by molar-refractivity contribution is 5.42. The molecule has 3 nitrogen and oxygen atoms in total. The molecule has 18 heavy (non-hydrogen) atoms. The average molecular weight is 246 g/mol. The van der Waals surface area contributed by atoms with Crippen LogP contribution in [0.3, 0.4) is 0 Å². The van der Waals surface area contributed by atoms with Gasteiger partial charge < -0.3 is 10.5 Å². The van der Waals surface area contributed by atoms with E-state index in [1.165, 1.54) is 0 Å². The standard InChI is InChI=1S/C11H10N2O.2C2H6/c12-9-1-3-10(4-2-9)14-11-5-7-13-8-6-11;2*1-2/h1-8H,12H2;2*1-2H3. The molecule has 0 spiro atoms. The quantitative estimate of drug-likeness (QED) is 0.793. The summed E-state index contributed by atoms with van der Waals surface area (Å²) in [5, 5.41) is 0. The van der Waals surface area contributed by atoms with Gasteiger partial charge >= 0.3 is 0 Å². The van der Waals surface area contributed by atoms with Gasteiger partial charge in [-0.1, -0.05) is 27.7 Å². The lowest BCUT2D eigenvalue weighted by Gasteiger charge is -2.04. The van der Waals surface area contributed by atoms with Crippen molar-refractivity contribution in [3.63, 3.8) is 0 Å². The molecule has 2 rings (SSSR count). The predicted molar refractivity (Wildman–Crippen MR) is 77.9 cm³/mol. The molecule has 1 aromatic heterocycles. The Morgan fingerprint density at radius 3 is 1.72 bits per heavy atom. The lowest BCUT2D eigenvalue weighted by Crippen LogP contribution is -1.86. The van der Waals surface area contributed by atoms with Gasteiger partial charge in [0.05, 0.1) is 0 Å². The molecule has 98 valence electrons. The van der Waals surface area contributed by atoms with E-state index in [0.29, 0.717) is 0 Å². The van der Waals surface area contributed by atoms with Crippen molar-refractivity contribution in [2.24, 2.45) is 0 Å². The van der Waals surface area contributed by atoms with Gasteiger partial charge in [-0.3, -0.25) is 4.98 Å². The summed E-state index contributed by atoms with van der Waals surface area (Å²) in [6.45, 7) is 8.00. The summed E-state index contributed by atoms with van der Waals surface area (Å²) in [5.41, 5.74) is 6.28. The lowest BCUT2D eigenvalue weighted by molar-refractivity contribution is 0.482. The maximum atomic E-state index is 5.55. The Bertz CT molecular complexity index is 399. The van der Waals surface area contributed by atoms with E-state index in [4.69, 9.17) is 10.5 Å². The largest absolute Gasteiger partial charge is 0.457 e. The smallest absolute Gasteiger partial charge is 0.130 e. The van der Waals surface area contributed by atoms with Crippen molar-refractivity contribution in [1.29, 1.82) is 0 Å². The third-order valence-electron chi connectivity index (χ3n) is 1.77. The van der Waals surface area contributed by atoms with E-state index < -0.39 is 0 Å². The van der Waals surface area contributed by atoms with Gasteiger partial charge in [0.25, 0.3) is 0 Å². The Labute approximate surface area is 110 Å². The van der Waals surface area contributed by atoms with Crippen LogP contribution in [-0.2, 0) is 0 Å². The Kier molecular flexibility index (Phi) is 9.00. The van der Waals surface area contributed by atoms with Crippen molar-refractivity contribution in [1.82, 2.24) is 4.98 Å². The summed E-state index contributed by atoms with van der Waals surface area (Å²) in [7, 11) is 0. The Morgan fingerprint density at radius 1 is 0.778 bits per heavy atom. The number of benzene rings is 1. The Morgan fingerprint density at radius 2 is 1.22 bits per heavy atom. The number of ether oxygens (including phenoxy) is 1. The van der Waals surface area contributed by atoms with Crippen molar-refractivity contribution in [3.8, 4) is 11.5 Å². The second-order valence-corrected chi connectivity index (χ2v) is 2.85. The molecule has 0 aliphatic heterocycles. The molecule has 1 aromatic carbocycles. The number of nitrogen functional groups attached to an aromatic ring is 1. The monoisotopic (exact) mass is 246 g/mol. The highest BCUT2D eigenvalue weighted by Crippen LogP contribution is 2.20. The molecule has 0 saturated heterocycles. The molecule has 3 heteroatoms. The minimum Gasteiger partial charge on any atom is -0.457 e. The minimum absolute atomic E-state index is 0.729. The van der Waals surface area contributed by atoms with Crippen LogP contribution in [0.4, 0.5) is 5.69 Å². The first kappa shape index (κ1) is 16.0. The van der Waals surface area contributed by atoms with Crippen LogP contribution in [-0.4, -0.2) is 4.98 Å². The number of pyridine rings is 1. The fourth-order valence-electron chi connectivity index (χ4n) is 1.08. The molecule has 0 bridgehead atoms. The van der Waals surface area contributed by atoms with Crippen LogP contribution >= 0.6 is 0 Å². The molecule has 0 unspecified atom stereocenters. The van der Waals surface area contributed by atoms with Gasteiger partial charge in [-0.15, -0.1) is 0 Å². The Balaban J connectivity index is 0.000000659. The van der Waals surface area contributed by atoms with Crippen molar-refractivity contribution < 1.29 is 4.74 Å². The van der Waals surface area contributed by atoms with Gasteiger partial charge in [0.2, 0.25) is 0 Å². The zero-order chi connectivity index (χ0) is 13.8. The SMILES string of the molecule is CC.CC.Nc1ccc(Oc2ccncc2)cc1. The summed E-state index contributed by atoms with van der Waals surface area (Å²) >= 11 is 0. The molecule has 0 aliphatic rings. The Hall–Kier alpha value is -2.03. The van der Waals surface area contributed by atoms with Crippen molar-refractivity contribution >= 4 is 5.69 Å². The van der Waals surface area contributed by atoms with Crippen LogP contribution in [0, 0.1) is 0 Å². The summed E-state index contributed by atoms with van der Waals surface area (Å²) < 4.78 is 5.54. The van der Waals surface area contributed by atoms with E-state index in [1.807, 2.05) is 39.8 Å². The summed E-state index contributed by atoms with van der Waals surface area (Å²) in [6.07, 6.45) is 3.37. The molecule has 2 N–H and O–H groups in total. The molecular formula is C15H22N2O. The molecule has 0 aliphatic carbocycles. The molecule has 0 fully saturated rings. The van der Waals surface area contributed by atoms with Crippen molar-refractivity contribution in [2.75, 3.05) is 5.73 Å². The fraction of sp³-hybridized carbons (Fsp3) is 0.267. The van der Waals surface area contributed by atoms with Gasteiger partial charge in [-0.2, -0.15) is 0 Å². The first-order chi connectivity index (χ1) is 8.84. The zero-order valence-electron chi connectivity index (χ0n) is 11.6. The number of nitrogens with two attached hydrogens (primary N) is 1. The summed E-state index contributed by atoms with van der Waals surface area (Å²) in [4.78, 5) is 3.90. The van der Waals surface area contributed by atoms with E-state index in [-0.39, 0.29) is 0 Å². The number of anilines is 1. The number of rotatable bonds is 2. The third-order valence-corrected chi connectivity index (χ3v) is 1.77. The van der Waals surface area contributed by atoms with Gasteiger partial charge in [0.15, 0.2) is 0 Å². The van der Waals surface area contributed by atoms with E-state index >= 15 is 0 Å². The normalized spacial score (nSPS) is 8.22. The highest BCUT2D eigenvalue weighted by Gasteiger charge is 1.94. The van der Waals surface area contributed by atoms with Crippen LogP contribution in [0.15, 0.2) is 48.8 Å². The predicted octanol–water partition coefficient (Wildman–Crippen LogP) is 4.51. The molecule has 0 atom stereocenters. The number of aromatic nitrogens is 1. The van der Waals surface area contributed by atoms with Gasteiger partial charge in [0, 0.05) is 18.1 Å². The van der Waals surface area contributed by atoms with Crippen molar-refractivity contribution in [3.05, 3.63) is 48.8 Å². The van der Waals surface area contributed by atoms with Crippen LogP contribution in [0.25, 0.3) is 0 Å². The molecule has 1 heterocycles. The van der Waals surface area contributed by atoms with Crippen molar-refractivity contribution in [2.45, 2.75) is 27.7 Å². The molecule has 2 aromatic rings. The molecule has 0 radical (unpaired) electrons. The first-order valence-corrected chi connectivity index (χ1v) is 6.28. The summed E-state index contributed by atoms with van der Waals surface area (Å²) in [5.74, 6) is 1.54. The number of hydrogen-bond acceptors (Lipinski definition) is 3. The first-order valence-electron chi connectivity index (χ1n) is 6.28. The maximum Gasteiger partial charge on any atom is 0.130 e. The summed E-state index contributed by atoms with van der Waals surface area (Å²) in [6, 6.07) is 10.9. The van der Waals surface area contributed by atoms with Gasteiger partial charge in [-0.05, 0) is 36.4 Å². The third kappa shape index (κ3) is 5.89. The van der Waals surface area contributed by atoms with E-state index in [0.717, 1.165) is 17.2 Å². The topological polar surface area (TPSA) is 48.1 Å². The zero-order valence-corrected chi connectivity index (χ0v) is 11.6. The van der Waals surface area contributed by atoms with Crippen LogP contribution < -0.4 is 10.5 Å². The second kappa shape index (κ2) is 10.1. The van der Waals surface area contributed by atoms with Crippen LogP contribution in [0.5, 0.6) is 11.5 Å². The molecular weight excluding hydrogens is 224 g/mol. The maximum absolute atomic E-state index is 5.55. The average Bonchev–Trinajstić information content (AvgIpc) is 2.47. The van der Waals surface area contributed by atoms with E-state index in [9.17, 15) is 0 Å². The van der Waals surface area contributed by atoms with Gasteiger partial charge in [-0.25, -0.2) is 0 Å². The second-order valence-electron chi connectivity index (χ2n) is 2.85. The van der Waals surface area contributed by atoms with E-state index in [1.54, 1.807) is 36.7 Å². The molecule has 0 amide bonds. The minimum atomic E-state index is 0.729. The molecule has 0 saturated carbocycles. The van der Waals surface area contributed by atoms with Gasteiger partial charge in [0.1, 0.15) is 11.5 Å². The highest BCUT2D eigenvalue weighted by atomic mass is 16.5. The number of nitrogens with zero attached hydrogens (tertiary/aromatic N) is 1. The number of hydrogen-bond donors (Lipinski definition) is 1. The van der Waals surface area contributed by atoms with Crippen LogP contribution in [0.2, 0.25) is 0 Å². The fourth-order valence-corrected chi connectivity index (χ4v) is 1.08. The van der Waals surface area contributed by atoms with Crippen LogP contribution in [0.1, 0.15) is 27.7 Å². The van der Waals surface area contributed by atoms with E-state index in [2.05, 4.69) is 4.98 Å². The lowest BCUT2D eigenvalue weighted by atomic mass is 10.3.